The van der Waals surface area contributed by atoms with Gasteiger partial charge in [0.2, 0.25) is 0 Å². The third kappa shape index (κ3) is 3.59. The molecule has 152 valence electrons. The van der Waals surface area contributed by atoms with E-state index in [1.54, 1.807) is 20.4 Å². The van der Waals surface area contributed by atoms with Gasteiger partial charge in [0.1, 0.15) is 0 Å². The fraction of sp³-hybridized carbons (Fsp3) is 0.167. The molecule has 0 unspecified atom stereocenters. The number of pyridine rings is 1. The lowest BCUT2D eigenvalue weighted by atomic mass is 10.0. The van der Waals surface area contributed by atoms with Crippen molar-refractivity contribution in [3.63, 3.8) is 0 Å². The van der Waals surface area contributed by atoms with Gasteiger partial charge in [0.05, 0.1) is 36.7 Å². The molecule has 2 N–H and O–H groups in total. The lowest BCUT2D eigenvalue weighted by molar-refractivity contribution is 0.356. The van der Waals surface area contributed by atoms with Crippen molar-refractivity contribution in [2.24, 2.45) is 4.99 Å². The van der Waals surface area contributed by atoms with Gasteiger partial charge in [-0.15, -0.1) is 0 Å². The van der Waals surface area contributed by atoms with Gasteiger partial charge in [0.25, 0.3) is 0 Å². The molecule has 0 bridgehead atoms. The molecule has 4 aromatic rings. The summed E-state index contributed by atoms with van der Waals surface area (Å²) in [4.78, 5) is 12.0. The van der Waals surface area contributed by atoms with E-state index in [1.807, 2.05) is 61.7 Å². The number of aromatic nitrogens is 2. The van der Waals surface area contributed by atoms with Crippen LogP contribution in [0.2, 0.25) is 0 Å². The molecule has 2 aromatic carbocycles. The van der Waals surface area contributed by atoms with Crippen LogP contribution in [0.25, 0.3) is 22.0 Å². The topological polar surface area (TPSA) is 79.7 Å². The maximum absolute atomic E-state index is 10.6. The molecule has 0 atom stereocenters. The molecule has 0 aliphatic heterocycles. The van der Waals surface area contributed by atoms with Gasteiger partial charge in [-0.05, 0) is 41.8 Å². The molecule has 4 rings (SSSR count). The lowest BCUT2D eigenvalue weighted by Crippen LogP contribution is -1.98. The van der Waals surface area contributed by atoms with Crippen LogP contribution in [-0.2, 0) is 0 Å². The van der Waals surface area contributed by atoms with Crippen LogP contribution < -0.4 is 9.47 Å². The van der Waals surface area contributed by atoms with E-state index >= 15 is 0 Å². The molecule has 0 fully saturated rings. The van der Waals surface area contributed by atoms with Crippen LogP contribution >= 0.6 is 0 Å². The number of aliphatic imine (C=N–C) groups is 1. The second-order valence-electron chi connectivity index (χ2n) is 6.80. The third-order valence-electron chi connectivity index (χ3n) is 5.03. The van der Waals surface area contributed by atoms with Crippen LogP contribution in [0.4, 0.5) is 5.69 Å². The summed E-state index contributed by atoms with van der Waals surface area (Å²) in [5.41, 5.74) is 5.15. The number of methoxy groups -OCH3 is 2. The van der Waals surface area contributed by atoms with Gasteiger partial charge in [-0.2, -0.15) is 0 Å². The Kier molecular flexibility index (Phi) is 5.39. The number of rotatable bonds is 6. The summed E-state index contributed by atoms with van der Waals surface area (Å²) in [6.07, 6.45) is 4.24. The number of nitrogens with one attached hydrogen (secondary N) is 1. The smallest absolute Gasteiger partial charge is 0.198 e. The van der Waals surface area contributed by atoms with Gasteiger partial charge in [0, 0.05) is 23.8 Å². The third-order valence-corrected chi connectivity index (χ3v) is 5.03. The molecule has 0 saturated carbocycles. The molecule has 0 radical (unpaired) electrons. The maximum Gasteiger partial charge on any atom is 0.198 e. The number of ether oxygens (including phenoxy) is 2. The number of H-pyrrole nitrogens is 1. The lowest BCUT2D eigenvalue weighted by Gasteiger charge is -2.09. The van der Waals surface area contributed by atoms with Gasteiger partial charge in [0.15, 0.2) is 17.4 Å². The van der Waals surface area contributed by atoms with E-state index in [-0.39, 0.29) is 5.88 Å². The van der Waals surface area contributed by atoms with Crippen LogP contribution in [-0.4, -0.2) is 35.0 Å². The van der Waals surface area contributed by atoms with E-state index in [9.17, 15) is 5.11 Å². The molecule has 6 heteroatoms. The zero-order valence-corrected chi connectivity index (χ0v) is 17.1. The second kappa shape index (κ2) is 8.29. The highest BCUT2D eigenvalue weighted by Crippen LogP contribution is 2.37. The fourth-order valence-electron chi connectivity index (χ4n) is 3.53. The van der Waals surface area contributed by atoms with E-state index in [1.165, 1.54) is 0 Å². The highest BCUT2D eigenvalue weighted by molar-refractivity contribution is 6.14. The van der Waals surface area contributed by atoms with Crippen LogP contribution in [0.15, 0.2) is 65.9 Å². The Morgan fingerprint density at radius 2 is 1.77 bits per heavy atom. The summed E-state index contributed by atoms with van der Waals surface area (Å²) in [5, 5.41) is 11.4. The van der Waals surface area contributed by atoms with Crippen molar-refractivity contribution in [1.29, 1.82) is 0 Å². The van der Waals surface area contributed by atoms with Crippen molar-refractivity contribution < 1.29 is 14.6 Å². The van der Waals surface area contributed by atoms with Crippen LogP contribution in [0.3, 0.4) is 0 Å². The number of hydrogen-bond donors (Lipinski definition) is 2. The van der Waals surface area contributed by atoms with Crippen molar-refractivity contribution in [3.05, 3.63) is 66.5 Å². The molecule has 0 amide bonds. The monoisotopic (exact) mass is 401 g/mol. The number of hydrogen-bond acceptors (Lipinski definition) is 5. The standard InChI is InChI=1S/C24H23N3O3/c1-4-19(26-17-9-7-15(8-10-17)16-6-5-11-25-14-16)23-18-12-21(29-2)22(30-3)13-20(18)27-24(23)28/h5-14,27-28H,4H2,1-3H3. The van der Waals surface area contributed by atoms with Crippen molar-refractivity contribution in [2.75, 3.05) is 14.2 Å². The molecular formula is C24H23N3O3. The number of nitrogens with zero attached hydrogens (tertiary/aromatic N) is 2. The van der Waals surface area contributed by atoms with Crippen molar-refractivity contribution >= 4 is 22.3 Å². The quantitative estimate of drug-likeness (QED) is 0.419. The largest absolute Gasteiger partial charge is 0.494 e. The van der Waals surface area contributed by atoms with Gasteiger partial charge in [-0.1, -0.05) is 25.1 Å². The summed E-state index contributed by atoms with van der Waals surface area (Å²) in [7, 11) is 3.18. The van der Waals surface area contributed by atoms with Crippen LogP contribution in [0, 0.1) is 0 Å². The van der Waals surface area contributed by atoms with Crippen LogP contribution in [0.5, 0.6) is 17.4 Å². The molecule has 0 saturated heterocycles. The summed E-state index contributed by atoms with van der Waals surface area (Å²) >= 11 is 0. The van der Waals surface area contributed by atoms with Crippen molar-refractivity contribution in [3.8, 4) is 28.5 Å². The molecule has 0 aliphatic carbocycles. The SMILES string of the molecule is CCC(=Nc1ccc(-c2cccnc2)cc1)c1c(O)[nH]c2cc(OC)c(OC)cc12. The zero-order valence-electron chi connectivity index (χ0n) is 17.1. The minimum Gasteiger partial charge on any atom is -0.494 e. The van der Waals surface area contributed by atoms with Gasteiger partial charge in [-0.25, -0.2) is 0 Å². The Morgan fingerprint density at radius 3 is 2.40 bits per heavy atom. The van der Waals surface area contributed by atoms with E-state index < -0.39 is 0 Å². The highest BCUT2D eigenvalue weighted by atomic mass is 16.5. The Balaban J connectivity index is 1.76. The van der Waals surface area contributed by atoms with Crippen molar-refractivity contribution in [2.45, 2.75) is 13.3 Å². The first kappa shape index (κ1) is 19.5. The average Bonchev–Trinajstić information content (AvgIpc) is 3.12. The molecule has 0 spiro atoms. The minimum atomic E-state index is 0.0767. The zero-order chi connectivity index (χ0) is 21.1. The number of aromatic hydroxyl groups is 1. The Hall–Kier alpha value is -3.80. The molecule has 0 aliphatic rings. The number of aromatic amines is 1. The maximum atomic E-state index is 10.6. The molecule has 30 heavy (non-hydrogen) atoms. The average molecular weight is 401 g/mol. The summed E-state index contributed by atoms with van der Waals surface area (Å²) in [6.45, 7) is 2.02. The Morgan fingerprint density at radius 1 is 1.03 bits per heavy atom. The first-order valence-corrected chi connectivity index (χ1v) is 9.69. The summed E-state index contributed by atoms with van der Waals surface area (Å²) in [6, 6.07) is 15.6. The highest BCUT2D eigenvalue weighted by Gasteiger charge is 2.18. The molecular weight excluding hydrogens is 378 g/mol. The van der Waals surface area contributed by atoms with E-state index in [2.05, 4.69) is 9.97 Å². The minimum absolute atomic E-state index is 0.0767. The predicted octanol–water partition coefficient (Wildman–Crippen LogP) is 5.48. The van der Waals surface area contributed by atoms with E-state index in [0.29, 0.717) is 23.5 Å². The fourth-order valence-corrected chi connectivity index (χ4v) is 3.53. The second-order valence-corrected chi connectivity index (χ2v) is 6.80. The predicted molar refractivity (Wildman–Crippen MR) is 119 cm³/mol. The van der Waals surface area contributed by atoms with Crippen molar-refractivity contribution in [1.82, 2.24) is 9.97 Å². The Labute approximate surface area is 174 Å². The van der Waals surface area contributed by atoms with Gasteiger partial charge >= 0.3 is 0 Å². The first-order chi connectivity index (χ1) is 14.6. The number of fused-ring (bicyclic) bond motifs is 1. The number of benzene rings is 2. The normalized spacial score (nSPS) is 11.6. The summed E-state index contributed by atoms with van der Waals surface area (Å²) in [5.74, 6) is 1.27. The van der Waals surface area contributed by atoms with E-state index in [4.69, 9.17) is 14.5 Å². The van der Waals surface area contributed by atoms with Gasteiger partial charge < -0.3 is 19.6 Å². The molecule has 6 nitrogen and oxygen atoms in total. The molecule has 2 heterocycles. The van der Waals surface area contributed by atoms with Crippen LogP contribution in [0.1, 0.15) is 18.9 Å². The van der Waals surface area contributed by atoms with E-state index in [0.717, 1.165) is 33.4 Å². The van der Waals surface area contributed by atoms with Gasteiger partial charge in [-0.3, -0.25) is 9.98 Å². The first-order valence-electron chi connectivity index (χ1n) is 9.69. The Bertz CT molecular complexity index is 1200. The molecule has 2 aromatic heterocycles. The summed E-state index contributed by atoms with van der Waals surface area (Å²) < 4.78 is 10.8.